The smallest absolute Gasteiger partial charge is 0.293 e. The predicted molar refractivity (Wildman–Crippen MR) is 113 cm³/mol. The SMILES string of the molecule is CCc1ccc(OCC(=O)NNC(=O)c2ccc(N3CCOCC3)c([N+](=O)[O-])c2)cc1. The summed E-state index contributed by atoms with van der Waals surface area (Å²) in [6.07, 6.45) is 0.901. The molecule has 1 aliphatic rings. The molecule has 0 saturated carbocycles. The molecule has 2 aromatic carbocycles. The van der Waals surface area contributed by atoms with Gasteiger partial charge < -0.3 is 14.4 Å². The van der Waals surface area contributed by atoms with Crippen LogP contribution in [0.15, 0.2) is 42.5 Å². The average molecular weight is 428 g/mol. The molecule has 0 aromatic heterocycles. The van der Waals surface area contributed by atoms with Gasteiger partial charge in [-0.1, -0.05) is 19.1 Å². The van der Waals surface area contributed by atoms with Crippen molar-refractivity contribution in [3.8, 4) is 5.75 Å². The molecule has 31 heavy (non-hydrogen) atoms. The minimum Gasteiger partial charge on any atom is -0.484 e. The van der Waals surface area contributed by atoms with Crippen molar-refractivity contribution in [2.24, 2.45) is 0 Å². The summed E-state index contributed by atoms with van der Waals surface area (Å²) in [5.74, 6) is -0.697. The Balaban J connectivity index is 1.56. The van der Waals surface area contributed by atoms with Crippen LogP contribution in [0.5, 0.6) is 5.75 Å². The summed E-state index contributed by atoms with van der Waals surface area (Å²) >= 11 is 0. The Morgan fingerprint density at radius 2 is 1.84 bits per heavy atom. The van der Waals surface area contributed by atoms with E-state index in [2.05, 4.69) is 10.9 Å². The van der Waals surface area contributed by atoms with Crippen molar-refractivity contribution < 1.29 is 24.0 Å². The fraction of sp³-hybridized carbons (Fsp3) is 0.333. The summed E-state index contributed by atoms with van der Waals surface area (Å²) in [6.45, 7) is 3.78. The van der Waals surface area contributed by atoms with E-state index in [9.17, 15) is 19.7 Å². The number of benzene rings is 2. The van der Waals surface area contributed by atoms with E-state index in [1.165, 1.54) is 18.2 Å². The average Bonchev–Trinajstić information content (AvgIpc) is 2.81. The molecule has 3 rings (SSSR count). The Hall–Kier alpha value is -3.66. The number of carbonyl (C=O) groups excluding carboxylic acids is 2. The van der Waals surface area contributed by atoms with E-state index in [1.807, 2.05) is 24.0 Å². The molecule has 2 N–H and O–H groups in total. The van der Waals surface area contributed by atoms with Crippen LogP contribution in [-0.2, 0) is 16.0 Å². The van der Waals surface area contributed by atoms with Gasteiger partial charge in [0.2, 0.25) is 0 Å². The quantitative estimate of drug-likeness (QED) is 0.509. The number of aryl methyl sites for hydroxylation is 1. The second kappa shape index (κ2) is 10.4. The monoisotopic (exact) mass is 428 g/mol. The first-order valence-corrected chi connectivity index (χ1v) is 9.90. The number of nitro groups is 1. The maximum atomic E-state index is 12.3. The van der Waals surface area contributed by atoms with Crippen LogP contribution in [0.2, 0.25) is 0 Å². The molecule has 0 radical (unpaired) electrons. The maximum Gasteiger partial charge on any atom is 0.293 e. The van der Waals surface area contributed by atoms with Crippen LogP contribution >= 0.6 is 0 Å². The number of nitrogens with zero attached hydrogens (tertiary/aromatic N) is 2. The first kappa shape index (κ1) is 22.0. The third-order valence-electron chi connectivity index (χ3n) is 4.80. The second-order valence-electron chi connectivity index (χ2n) is 6.85. The number of hydrogen-bond donors (Lipinski definition) is 2. The highest BCUT2D eigenvalue weighted by Gasteiger charge is 2.23. The Morgan fingerprint density at radius 1 is 1.13 bits per heavy atom. The number of rotatable bonds is 7. The van der Waals surface area contributed by atoms with E-state index in [0.29, 0.717) is 37.7 Å². The van der Waals surface area contributed by atoms with Crippen LogP contribution in [0, 0.1) is 10.1 Å². The van der Waals surface area contributed by atoms with Gasteiger partial charge in [-0.05, 0) is 36.2 Å². The number of carbonyl (C=O) groups is 2. The third kappa shape index (κ3) is 5.92. The predicted octanol–water partition coefficient (Wildman–Crippen LogP) is 1.83. The molecule has 0 atom stereocenters. The van der Waals surface area contributed by atoms with Crippen LogP contribution in [0.3, 0.4) is 0 Å². The van der Waals surface area contributed by atoms with Crippen molar-refractivity contribution in [2.45, 2.75) is 13.3 Å². The minimum atomic E-state index is -0.669. The Bertz CT molecular complexity index is 941. The second-order valence-corrected chi connectivity index (χ2v) is 6.85. The maximum absolute atomic E-state index is 12.3. The van der Waals surface area contributed by atoms with Crippen LogP contribution in [0.4, 0.5) is 11.4 Å². The molecule has 2 amide bonds. The van der Waals surface area contributed by atoms with Gasteiger partial charge in [-0.2, -0.15) is 0 Å². The Kier molecular flexibility index (Phi) is 7.39. The molecule has 1 aliphatic heterocycles. The Labute approximate surface area is 179 Å². The number of nitro benzene ring substituents is 1. The third-order valence-corrected chi connectivity index (χ3v) is 4.80. The first-order valence-electron chi connectivity index (χ1n) is 9.90. The summed E-state index contributed by atoms with van der Waals surface area (Å²) in [4.78, 5) is 37.1. The number of nitrogens with one attached hydrogen (secondary N) is 2. The molecule has 1 fully saturated rings. The minimum absolute atomic E-state index is 0.0556. The zero-order valence-corrected chi connectivity index (χ0v) is 17.1. The lowest BCUT2D eigenvalue weighted by Crippen LogP contribution is -2.43. The molecular weight excluding hydrogens is 404 g/mol. The van der Waals surface area contributed by atoms with Gasteiger partial charge in [0, 0.05) is 24.7 Å². The van der Waals surface area contributed by atoms with Gasteiger partial charge in [-0.15, -0.1) is 0 Å². The van der Waals surface area contributed by atoms with Crippen LogP contribution in [-0.4, -0.2) is 49.6 Å². The lowest BCUT2D eigenvalue weighted by atomic mass is 10.1. The molecule has 0 bridgehead atoms. The molecule has 10 nitrogen and oxygen atoms in total. The van der Waals surface area contributed by atoms with Gasteiger partial charge in [0.25, 0.3) is 17.5 Å². The van der Waals surface area contributed by atoms with Crippen molar-refractivity contribution >= 4 is 23.2 Å². The summed E-state index contributed by atoms with van der Waals surface area (Å²) in [5.41, 5.74) is 5.94. The standard InChI is InChI=1S/C21H24N4O6/c1-2-15-3-6-17(7-4-15)31-14-20(26)22-23-21(27)16-5-8-18(19(13-16)25(28)29)24-9-11-30-12-10-24/h3-8,13H,2,9-12,14H2,1H3,(H,22,26)(H,23,27). The van der Waals surface area contributed by atoms with Gasteiger partial charge in [0.15, 0.2) is 6.61 Å². The van der Waals surface area contributed by atoms with E-state index < -0.39 is 16.7 Å². The first-order chi connectivity index (χ1) is 15.0. The van der Waals surface area contributed by atoms with Crippen molar-refractivity contribution in [3.63, 3.8) is 0 Å². The van der Waals surface area contributed by atoms with E-state index >= 15 is 0 Å². The lowest BCUT2D eigenvalue weighted by Gasteiger charge is -2.28. The number of hydrazine groups is 1. The van der Waals surface area contributed by atoms with Crippen LogP contribution in [0.1, 0.15) is 22.8 Å². The number of amides is 2. The molecule has 0 spiro atoms. The van der Waals surface area contributed by atoms with E-state index in [4.69, 9.17) is 9.47 Å². The van der Waals surface area contributed by atoms with E-state index in [-0.39, 0.29) is 17.9 Å². The lowest BCUT2D eigenvalue weighted by molar-refractivity contribution is -0.384. The van der Waals surface area contributed by atoms with Crippen LogP contribution in [0.25, 0.3) is 0 Å². The van der Waals surface area contributed by atoms with Crippen molar-refractivity contribution in [3.05, 3.63) is 63.7 Å². The highest BCUT2D eigenvalue weighted by Crippen LogP contribution is 2.29. The fourth-order valence-corrected chi connectivity index (χ4v) is 3.09. The summed E-state index contributed by atoms with van der Waals surface area (Å²) in [6, 6.07) is 11.5. The molecule has 1 saturated heterocycles. The molecule has 0 aliphatic carbocycles. The molecule has 2 aromatic rings. The number of ether oxygens (including phenoxy) is 2. The van der Waals surface area contributed by atoms with Crippen LogP contribution < -0.4 is 20.5 Å². The van der Waals surface area contributed by atoms with Gasteiger partial charge in [-0.3, -0.25) is 30.6 Å². The van der Waals surface area contributed by atoms with Crippen molar-refractivity contribution in [1.29, 1.82) is 0 Å². The molecule has 1 heterocycles. The van der Waals surface area contributed by atoms with Gasteiger partial charge >= 0.3 is 0 Å². The van der Waals surface area contributed by atoms with E-state index in [0.717, 1.165) is 12.0 Å². The van der Waals surface area contributed by atoms with Gasteiger partial charge in [-0.25, -0.2) is 0 Å². The number of morpholine rings is 1. The molecule has 0 unspecified atom stereocenters. The van der Waals surface area contributed by atoms with Gasteiger partial charge in [0.05, 0.1) is 18.1 Å². The topological polar surface area (TPSA) is 123 Å². The van der Waals surface area contributed by atoms with E-state index in [1.54, 1.807) is 12.1 Å². The molecular formula is C21H24N4O6. The van der Waals surface area contributed by atoms with Gasteiger partial charge in [0.1, 0.15) is 11.4 Å². The summed E-state index contributed by atoms with van der Waals surface area (Å²) in [7, 11) is 0. The Morgan fingerprint density at radius 3 is 2.48 bits per heavy atom. The number of hydrogen-bond acceptors (Lipinski definition) is 7. The van der Waals surface area contributed by atoms with Crippen molar-refractivity contribution in [2.75, 3.05) is 37.8 Å². The zero-order valence-electron chi connectivity index (χ0n) is 17.1. The number of anilines is 1. The highest BCUT2D eigenvalue weighted by atomic mass is 16.6. The summed E-state index contributed by atoms with van der Waals surface area (Å²) in [5, 5.41) is 11.5. The molecule has 164 valence electrons. The molecule has 10 heteroatoms. The largest absolute Gasteiger partial charge is 0.484 e. The normalized spacial score (nSPS) is 13.4. The fourth-order valence-electron chi connectivity index (χ4n) is 3.09. The summed E-state index contributed by atoms with van der Waals surface area (Å²) < 4.78 is 10.6. The highest BCUT2D eigenvalue weighted by molar-refractivity contribution is 5.96. The zero-order chi connectivity index (χ0) is 22.2. The van der Waals surface area contributed by atoms with Crippen molar-refractivity contribution in [1.82, 2.24) is 10.9 Å².